The van der Waals surface area contributed by atoms with E-state index in [-0.39, 0.29) is 11.7 Å². The minimum atomic E-state index is -0.447. The van der Waals surface area contributed by atoms with Crippen molar-refractivity contribution in [2.75, 3.05) is 18.2 Å². The summed E-state index contributed by atoms with van der Waals surface area (Å²) in [7, 11) is 1.31. The predicted molar refractivity (Wildman–Crippen MR) is 86.7 cm³/mol. The Hall–Kier alpha value is -2.61. The fourth-order valence-corrected chi connectivity index (χ4v) is 2.52. The summed E-state index contributed by atoms with van der Waals surface area (Å²) >= 11 is 1.22. The number of hydrogen-bond donors (Lipinski definition) is 2. The number of carbonyl (C=O) groups excluding carboxylic acids is 2. The predicted octanol–water partition coefficient (Wildman–Crippen LogP) is 1.60. The zero-order valence-electron chi connectivity index (χ0n) is 12.6. The average molecular weight is 333 g/mol. The Kier molecular flexibility index (Phi) is 5.53. The largest absolute Gasteiger partial charge is 0.465 e. The fraction of sp³-hybridized carbons (Fsp3) is 0.200. The van der Waals surface area contributed by atoms with Gasteiger partial charge in [-0.2, -0.15) is 0 Å². The first-order valence-corrected chi connectivity index (χ1v) is 7.65. The van der Waals surface area contributed by atoms with Gasteiger partial charge in [-0.1, -0.05) is 11.8 Å². The molecular weight excluding hydrogens is 318 g/mol. The highest BCUT2D eigenvalue weighted by Crippen LogP contribution is 2.18. The van der Waals surface area contributed by atoms with Gasteiger partial charge >= 0.3 is 11.7 Å². The maximum absolute atomic E-state index is 11.9. The summed E-state index contributed by atoms with van der Waals surface area (Å²) in [6, 6.07) is 6.38. The molecule has 0 fully saturated rings. The minimum Gasteiger partial charge on any atom is -0.465 e. The highest BCUT2D eigenvalue weighted by Gasteiger charge is 2.08. The number of H-pyrrole nitrogens is 1. The molecule has 0 saturated carbocycles. The summed E-state index contributed by atoms with van der Waals surface area (Å²) in [4.78, 5) is 40.6. The van der Waals surface area contributed by atoms with E-state index in [1.165, 1.54) is 25.1 Å². The first-order valence-electron chi connectivity index (χ1n) is 6.66. The lowest BCUT2D eigenvalue weighted by atomic mass is 10.2. The molecule has 0 bridgehead atoms. The van der Waals surface area contributed by atoms with Crippen LogP contribution in [0.2, 0.25) is 0 Å². The summed E-state index contributed by atoms with van der Waals surface area (Å²) in [5.74, 6) is -0.520. The summed E-state index contributed by atoms with van der Waals surface area (Å²) in [6.45, 7) is 1.80. The molecule has 0 aliphatic heterocycles. The third-order valence-electron chi connectivity index (χ3n) is 2.89. The number of aromatic nitrogens is 2. The maximum Gasteiger partial charge on any atom is 0.345 e. The van der Waals surface area contributed by atoms with Crippen molar-refractivity contribution in [3.63, 3.8) is 0 Å². The second-order valence-electron chi connectivity index (χ2n) is 4.61. The van der Waals surface area contributed by atoms with Crippen molar-refractivity contribution in [2.24, 2.45) is 0 Å². The molecule has 1 aromatic heterocycles. The van der Waals surface area contributed by atoms with Gasteiger partial charge in [-0.05, 0) is 36.8 Å². The summed E-state index contributed by atoms with van der Waals surface area (Å²) in [5.41, 5.74) is 1.33. The number of aromatic amines is 1. The lowest BCUT2D eigenvalue weighted by Gasteiger charge is -2.07. The Bertz CT molecular complexity index is 771. The van der Waals surface area contributed by atoms with Gasteiger partial charge in [0.15, 0.2) is 0 Å². The second kappa shape index (κ2) is 7.59. The third kappa shape index (κ3) is 4.68. The quantitative estimate of drug-likeness (QED) is 0.489. The van der Waals surface area contributed by atoms with E-state index in [2.05, 4.69) is 20.0 Å². The molecule has 0 saturated heterocycles. The van der Waals surface area contributed by atoms with Crippen molar-refractivity contribution in [1.29, 1.82) is 0 Å². The first kappa shape index (κ1) is 16.8. The SMILES string of the molecule is COC(=O)c1ccc(NC(=O)CSc2[nH]c(=O)ncc2C)cc1. The minimum absolute atomic E-state index is 0.138. The molecule has 7 nitrogen and oxygen atoms in total. The molecule has 0 unspecified atom stereocenters. The van der Waals surface area contributed by atoms with Gasteiger partial charge in [0.1, 0.15) is 0 Å². The highest BCUT2D eigenvalue weighted by atomic mass is 32.2. The number of esters is 1. The Morgan fingerprint density at radius 2 is 2.00 bits per heavy atom. The van der Waals surface area contributed by atoms with E-state index in [4.69, 9.17) is 0 Å². The first-order chi connectivity index (χ1) is 11.0. The van der Waals surface area contributed by atoms with Crippen molar-refractivity contribution in [2.45, 2.75) is 11.9 Å². The van der Waals surface area contributed by atoms with Crippen LogP contribution >= 0.6 is 11.8 Å². The van der Waals surface area contributed by atoms with Gasteiger partial charge in [-0.25, -0.2) is 14.6 Å². The van der Waals surface area contributed by atoms with Crippen LogP contribution in [0.15, 0.2) is 40.3 Å². The van der Waals surface area contributed by atoms with E-state index in [1.54, 1.807) is 31.2 Å². The summed E-state index contributed by atoms with van der Waals surface area (Å²) in [6.07, 6.45) is 1.46. The van der Waals surface area contributed by atoms with Crippen LogP contribution in [0.4, 0.5) is 5.69 Å². The van der Waals surface area contributed by atoms with Crippen LogP contribution in [0, 0.1) is 6.92 Å². The second-order valence-corrected chi connectivity index (χ2v) is 5.59. The topological polar surface area (TPSA) is 101 Å². The summed E-state index contributed by atoms with van der Waals surface area (Å²) in [5, 5.41) is 3.32. The van der Waals surface area contributed by atoms with Crippen molar-refractivity contribution in [3.8, 4) is 0 Å². The van der Waals surface area contributed by atoms with Gasteiger partial charge in [0.2, 0.25) is 5.91 Å². The number of amides is 1. The van der Waals surface area contributed by atoms with Crippen molar-refractivity contribution < 1.29 is 14.3 Å². The maximum atomic E-state index is 11.9. The Morgan fingerprint density at radius 1 is 1.30 bits per heavy atom. The fourth-order valence-electron chi connectivity index (χ4n) is 1.73. The Balaban J connectivity index is 1.93. The number of anilines is 1. The monoisotopic (exact) mass is 333 g/mol. The van der Waals surface area contributed by atoms with Gasteiger partial charge < -0.3 is 15.0 Å². The molecule has 120 valence electrons. The zero-order valence-corrected chi connectivity index (χ0v) is 13.4. The van der Waals surface area contributed by atoms with Crippen LogP contribution in [0.5, 0.6) is 0 Å². The molecular formula is C15H15N3O4S. The number of hydrogen-bond acceptors (Lipinski definition) is 6. The molecule has 23 heavy (non-hydrogen) atoms. The third-order valence-corrected chi connectivity index (χ3v) is 4.01. The van der Waals surface area contributed by atoms with Crippen LogP contribution < -0.4 is 11.0 Å². The molecule has 0 aliphatic rings. The van der Waals surface area contributed by atoms with Crippen LogP contribution in [-0.2, 0) is 9.53 Å². The number of benzene rings is 1. The number of rotatable bonds is 5. The van der Waals surface area contributed by atoms with Gasteiger partial charge in [-0.3, -0.25) is 4.79 Å². The van der Waals surface area contributed by atoms with E-state index >= 15 is 0 Å². The number of aryl methyl sites for hydroxylation is 1. The molecule has 1 amide bonds. The van der Waals surface area contributed by atoms with E-state index in [0.29, 0.717) is 16.3 Å². The molecule has 2 aromatic rings. The van der Waals surface area contributed by atoms with E-state index < -0.39 is 11.7 Å². The zero-order chi connectivity index (χ0) is 16.8. The number of carbonyl (C=O) groups is 2. The van der Waals surface area contributed by atoms with E-state index in [9.17, 15) is 14.4 Å². The molecule has 8 heteroatoms. The molecule has 1 heterocycles. The number of nitrogens with zero attached hydrogens (tertiary/aromatic N) is 1. The molecule has 0 atom stereocenters. The lowest BCUT2D eigenvalue weighted by Crippen LogP contribution is -2.16. The van der Waals surface area contributed by atoms with Gasteiger partial charge in [-0.15, -0.1) is 0 Å². The van der Waals surface area contributed by atoms with Crippen molar-refractivity contribution in [1.82, 2.24) is 9.97 Å². The van der Waals surface area contributed by atoms with Crippen LogP contribution in [0.25, 0.3) is 0 Å². The standard InChI is InChI=1S/C15H15N3O4S/c1-9-7-16-15(21)18-13(9)23-8-12(19)17-11-5-3-10(4-6-11)14(20)22-2/h3-7H,8H2,1-2H3,(H,17,19)(H,16,18,21). The molecule has 0 spiro atoms. The van der Waals surface area contributed by atoms with E-state index in [0.717, 1.165) is 5.56 Å². The molecule has 2 N–H and O–H groups in total. The Morgan fingerprint density at radius 3 is 2.65 bits per heavy atom. The van der Waals surface area contributed by atoms with Crippen LogP contribution in [0.1, 0.15) is 15.9 Å². The lowest BCUT2D eigenvalue weighted by molar-refractivity contribution is -0.113. The van der Waals surface area contributed by atoms with Gasteiger partial charge in [0.25, 0.3) is 0 Å². The van der Waals surface area contributed by atoms with Crippen LogP contribution in [-0.4, -0.2) is 34.7 Å². The Labute approximate surface area is 136 Å². The molecule has 0 aliphatic carbocycles. The normalized spacial score (nSPS) is 10.2. The van der Waals surface area contributed by atoms with Crippen molar-refractivity contribution in [3.05, 3.63) is 52.1 Å². The number of thioether (sulfide) groups is 1. The van der Waals surface area contributed by atoms with Crippen LogP contribution in [0.3, 0.4) is 0 Å². The van der Waals surface area contributed by atoms with Crippen molar-refractivity contribution >= 4 is 29.3 Å². The number of nitrogens with one attached hydrogen (secondary N) is 2. The molecule has 0 radical (unpaired) electrons. The van der Waals surface area contributed by atoms with Gasteiger partial charge in [0.05, 0.1) is 23.5 Å². The highest BCUT2D eigenvalue weighted by molar-refractivity contribution is 8.00. The smallest absolute Gasteiger partial charge is 0.345 e. The number of methoxy groups -OCH3 is 1. The molecule has 1 aromatic carbocycles. The van der Waals surface area contributed by atoms with E-state index in [1.807, 2.05) is 0 Å². The summed E-state index contributed by atoms with van der Waals surface area (Å²) < 4.78 is 4.60. The number of ether oxygens (including phenoxy) is 1. The average Bonchev–Trinajstić information content (AvgIpc) is 2.55. The van der Waals surface area contributed by atoms with Gasteiger partial charge in [0, 0.05) is 11.9 Å². The molecule has 2 rings (SSSR count).